The number of nitrogens with one attached hydrogen (secondary N) is 1. The summed E-state index contributed by atoms with van der Waals surface area (Å²) in [5, 5.41) is 8.11. The molecule has 0 aromatic carbocycles. The molecule has 1 aromatic heterocycles. The van der Waals surface area contributed by atoms with E-state index in [-0.39, 0.29) is 0 Å². The van der Waals surface area contributed by atoms with E-state index >= 15 is 0 Å². The van der Waals surface area contributed by atoms with Gasteiger partial charge in [-0.1, -0.05) is 0 Å². The molecule has 0 amide bonds. The van der Waals surface area contributed by atoms with Crippen LogP contribution in [0.2, 0.25) is 0 Å². The molecule has 1 saturated carbocycles. The summed E-state index contributed by atoms with van der Waals surface area (Å²) < 4.78 is 7.17. The minimum absolute atomic E-state index is 0.406. The Bertz CT molecular complexity index is 358. The minimum atomic E-state index is 0.406. The Morgan fingerprint density at radius 1 is 1.59 bits per heavy atom. The molecule has 1 atom stereocenters. The Hall–Kier alpha value is -0.870. The molecular formula is C13H23N3O. The molecule has 1 aliphatic rings. The Balaban J connectivity index is 1.91. The van der Waals surface area contributed by atoms with Crippen molar-refractivity contribution in [3.8, 4) is 0 Å². The van der Waals surface area contributed by atoms with Gasteiger partial charge in [0, 0.05) is 38.1 Å². The molecule has 0 radical (unpaired) electrons. The fourth-order valence-corrected chi connectivity index (χ4v) is 1.88. The fraction of sp³-hybridized carbons (Fsp3) is 0.769. The molecule has 96 valence electrons. The number of nitrogens with zero attached hydrogens (tertiary/aromatic N) is 2. The second-order valence-corrected chi connectivity index (χ2v) is 5.01. The SMILES string of the molecule is COCCC(C)n1cc(CNC2CC2)c(C)n1. The number of aromatic nitrogens is 2. The molecule has 0 bridgehead atoms. The highest BCUT2D eigenvalue weighted by molar-refractivity contribution is 5.15. The fourth-order valence-electron chi connectivity index (χ4n) is 1.88. The normalized spacial score (nSPS) is 17.4. The van der Waals surface area contributed by atoms with E-state index in [9.17, 15) is 0 Å². The maximum Gasteiger partial charge on any atom is 0.0638 e. The quantitative estimate of drug-likeness (QED) is 0.789. The Labute approximate surface area is 103 Å². The van der Waals surface area contributed by atoms with Crippen LogP contribution < -0.4 is 5.32 Å². The summed E-state index contributed by atoms with van der Waals surface area (Å²) in [7, 11) is 1.74. The van der Waals surface area contributed by atoms with E-state index < -0.39 is 0 Å². The van der Waals surface area contributed by atoms with E-state index in [4.69, 9.17) is 4.74 Å². The van der Waals surface area contributed by atoms with E-state index in [1.807, 2.05) is 0 Å². The van der Waals surface area contributed by atoms with Crippen molar-refractivity contribution in [1.82, 2.24) is 15.1 Å². The zero-order valence-corrected chi connectivity index (χ0v) is 11.1. The molecule has 17 heavy (non-hydrogen) atoms. The van der Waals surface area contributed by atoms with Crippen molar-refractivity contribution in [3.05, 3.63) is 17.5 Å². The maximum absolute atomic E-state index is 5.10. The average molecular weight is 237 g/mol. The Kier molecular flexibility index (Phi) is 4.18. The van der Waals surface area contributed by atoms with Crippen molar-refractivity contribution in [3.63, 3.8) is 0 Å². The molecule has 1 unspecified atom stereocenters. The first-order valence-corrected chi connectivity index (χ1v) is 6.47. The van der Waals surface area contributed by atoms with Gasteiger partial charge in [0.2, 0.25) is 0 Å². The second-order valence-electron chi connectivity index (χ2n) is 5.01. The van der Waals surface area contributed by atoms with Gasteiger partial charge in [-0.05, 0) is 33.1 Å². The summed E-state index contributed by atoms with van der Waals surface area (Å²) in [6, 6.07) is 1.16. The number of aryl methyl sites for hydroxylation is 1. The monoisotopic (exact) mass is 237 g/mol. The van der Waals surface area contributed by atoms with E-state index in [0.717, 1.165) is 31.3 Å². The summed E-state index contributed by atoms with van der Waals surface area (Å²) in [4.78, 5) is 0. The van der Waals surface area contributed by atoms with E-state index in [2.05, 4.69) is 35.1 Å². The standard InChI is InChI=1S/C13H23N3O/c1-10(6-7-17-3)16-9-12(11(2)15-16)8-14-13-4-5-13/h9-10,13-14H,4-8H2,1-3H3. The van der Waals surface area contributed by atoms with Gasteiger partial charge in [-0.15, -0.1) is 0 Å². The topological polar surface area (TPSA) is 39.1 Å². The molecular weight excluding hydrogens is 214 g/mol. The second kappa shape index (κ2) is 5.65. The number of hydrogen-bond donors (Lipinski definition) is 1. The minimum Gasteiger partial charge on any atom is -0.385 e. The van der Waals surface area contributed by atoms with Crippen LogP contribution in [0.1, 0.15) is 43.5 Å². The van der Waals surface area contributed by atoms with Crippen molar-refractivity contribution in [2.24, 2.45) is 0 Å². The Morgan fingerprint density at radius 2 is 2.35 bits per heavy atom. The van der Waals surface area contributed by atoms with Crippen LogP contribution in [0.25, 0.3) is 0 Å². The van der Waals surface area contributed by atoms with Crippen LogP contribution in [0, 0.1) is 6.92 Å². The average Bonchev–Trinajstić information content (AvgIpc) is 3.07. The summed E-state index contributed by atoms with van der Waals surface area (Å²) in [6.07, 6.45) is 5.84. The van der Waals surface area contributed by atoms with Crippen molar-refractivity contribution < 1.29 is 4.74 Å². The number of ether oxygens (including phenoxy) is 1. The van der Waals surface area contributed by atoms with E-state index in [1.54, 1.807) is 7.11 Å². The van der Waals surface area contributed by atoms with Crippen molar-refractivity contribution in [2.75, 3.05) is 13.7 Å². The third-order valence-corrected chi connectivity index (χ3v) is 3.37. The maximum atomic E-state index is 5.10. The molecule has 1 N–H and O–H groups in total. The zero-order chi connectivity index (χ0) is 12.3. The lowest BCUT2D eigenvalue weighted by atomic mass is 10.2. The molecule has 1 aliphatic carbocycles. The smallest absolute Gasteiger partial charge is 0.0638 e. The number of hydrogen-bond acceptors (Lipinski definition) is 3. The van der Waals surface area contributed by atoms with Crippen LogP contribution in [0.5, 0.6) is 0 Å². The highest BCUT2D eigenvalue weighted by Gasteiger charge is 2.20. The number of rotatable bonds is 7. The van der Waals surface area contributed by atoms with Crippen LogP contribution in [-0.4, -0.2) is 29.5 Å². The molecule has 0 aliphatic heterocycles. The van der Waals surface area contributed by atoms with Gasteiger partial charge in [0.25, 0.3) is 0 Å². The zero-order valence-electron chi connectivity index (χ0n) is 11.1. The first kappa shape index (κ1) is 12.6. The van der Waals surface area contributed by atoms with E-state index in [0.29, 0.717) is 6.04 Å². The molecule has 1 aromatic rings. The lowest BCUT2D eigenvalue weighted by Gasteiger charge is -2.10. The molecule has 0 spiro atoms. The third kappa shape index (κ3) is 3.54. The molecule has 1 fully saturated rings. The molecule has 1 heterocycles. The predicted molar refractivity (Wildman–Crippen MR) is 68.0 cm³/mol. The van der Waals surface area contributed by atoms with E-state index in [1.165, 1.54) is 18.4 Å². The predicted octanol–water partition coefficient (Wildman–Crippen LogP) is 2.04. The third-order valence-electron chi connectivity index (χ3n) is 3.37. The molecule has 4 heteroatoms. The van der Waals surface area contributed by atoms with Gasteiger partial charge >= 0.3 is 0 Å². The summed E-state index contributed by atoms with van der Waals surface area (Å²) in [5.74, 6) is 0. The van der Waals surface area contributed by atoms with Crippen LogP contribution in [0.4, 0.5) is 0 Å². The number of methoxy groups -OCH3 is 1. The van der Waals surface area contributed by atoms with Gasteiger partial charge in [0.1, 0.15) is 0 Å². The molecule has 2 rings (SSSR count). The first-order chi connectivity index (χ1) is 8.20. The van der Waals surface area contributed by atoms with Gasteiger partial charge in [0.15, 0.2) is 0 Å². The Morgan fingerprint density at radius 3 is 3.00 bits per heavy atom. The van der Waals surface area contributed by atoms with Crippen molar-refractivity contribution in [2.45, 2.75) is 51.7 Å². The lowest BCUT2D eigenvalue weighted by Crippen LogP contribution is -2.15. The summed E-state index contributed by atoms with van der Waals surface area (Å²) in [6.45, 7) is 6.01. The summed E-state index contributed by atoms with van der Waals surface area (Å²) >= 11 is 0. The van der Waals surface area contributed by atoms with Gasteiger partial charge in [0.05, 0.1) is 11.7 Å². The molecule has 0 saturated heterocycles. The van der Waals surface area contributed by atoms with Crippen LogP contribution in [0.15, 0.2) is 6.20 Å². The highest BCUT2D eigenvalue weighted by Crippen LogP contribution is 2.20. The van der Waals surface area contributed by atoms with Crippen LogP contribution in [0.3, 0.4) is 0 Å². The molecule has 4 nitrogen and oxygen atoms in total. The van der Waals surface area contributed by atoms with Crippen LogP contribution in [-0.2, 0) is 11.3 Å². The largest absolute Gasteiger partial charge is 0.385 e. The van der Waals surface area contributed by atoms with Crippen LogP contribution >= 0.6 is 0 Å². The lowest BCUT2D eigenvalue weighted by molar-refractivity contribution is 0.178. The summed E-state index contributed by atoms with van der Waals surface area (Å²) in [5.41, 5.74) is 2.46. The highest BCUT2D eigenvalue weighted by atomic mass is 16.5. The van der Waals surface area contributed by atoms with Gasteiger partial charge in [-0.25, -0.2) is 0 Å². The first-order valence-electron chi connectivity index (χ1n) is 6.47. The van der Waals surface area contributed by atoms with Crippen molar-refractivity contribution >= 4 is 0 Å². The van der Waals surface area contributed by atoms with Gasteiger partial charge in [-0.2, -0.15) is 5.10 Å². The van der Waals surface area contributed by atoms with Gasteiger partial charge < -0.3 is 10.1 Å². The van der Waals surface area contributed by atoms with Crippen molar-refractivity contribution in [1.29, 1.82) is 0 Å². The van der Waals surface area contributed by atoms with Gasteiger partial charge in [-0.3, -0.25) is 4.68 Å².